The van der Waals surface area contributed by atoms with Crippen molar-refractivity contribution in [1.29, 1.82) is 0 Å². The van der Waals surface area contributed by atoms with E-state index in [1.54, 1.807) is 4.68 Å². The van der Waals surface area contributed by atoms with Crippen LogP contribution in [0.1, 0.15) is 55.6 Å². The summed E-state index contributed by atoms with van der Waals surface area (Å²) < 4.78 is 27.5. The van der Waals surface area contributed by atoms with Crippen molar-refractivity contribution in [2.45, 2.75) is 38.7 Å². The van der Waals surface area contributed by atoms with Crippen LogP contribution in [0.4, 0.5) is 8.78 Å². The maximum absolute atomic E-state index is 12.9. The lowest BCUT2D eigenvalue weighted by Crippen LogP contribution is -2.07. The molecule has 0 aromatic carbocycles. The van der Waals surface area contributed by atoms with Gasteiger partial charge in [-0.1, -0.05) is 6.58 Å². The van der Waals surface area contributed by atoms with Crippen molar-refractivity contribution in [2.24, 2.45) is 5.92 Å². The lowest BCUT2D eigenvalue weighted by molar-refractivity contribution is 0.143. The Bertz CT molecular complexity index is 474. The highest BCUT2D eigenvalue weighted by atomic mass is 19.3. The Morgan fingerprint density at radius 1 is 1.38 bits per heavy atom. The van der Waals surface area contributed by atoms with Gasteiger partial charge in [-0.05, 0) is 37.7 Å². The van der Waals surface area contributed by atoms with Crippen LogP contribution in [0.2, 0.25) is 0 Å². The van der Waals surface area contributed by atoms with Crippen LogP contribution < -0.4 is 0 Å². The van der Waals surface area contributed by atoms with E-state index in [1.165, 1.54) is 0 Å². The van der Waals surface area contributed by atoms with Crippen LogP contribution in [0, 0.1) is 5.92 Å². The molecule has 0 bridgehead atoms. The van der Waals surface area contributed by atoms with Gasteiger partial charge in [0, 0.05) is 11.6 Å². The molecule has 0 aliphatic heterocycles. The fourth-order valence-corrected chi connectivity index (χ4v) is 2.76. The SMILES string of the molecule is C=C1c2c(c(C(F)F)nn2C(C)C)C2CC12. The second-order valence-corrected chi connectivity index (χ2v) is 4.96. The minimum absolute atomic E-state index is 0.0187. The van der Waals surface area contributed by atoms with Crippen LogP contribution in [0.3, 0.4) is 0 Å². The molecule has 2 aliphatic carbocycles. The van der Waals surface area contributed by atoms with Crippen LogP contribution in [0.25, 0.3) is 5.57 Å². The fourth-order valence-electron chi connectivity index (χ4n) is 2.76. The predicted octanol–water partition coefficient (Wildman–Crippen LogP) is 3.53. The van der Waals surface area contributed by atoms with E-state index in [0.717, 1.165) is 23.3 Å². The van der Waals surface area contributed by atoms with E-state index in [-0.39, 0.29) is 17.7 Å². The molecule has 1 fully saturated rings. The third-order valence-corrected chi connectivity index (χ3v) is 3.58. The van der Waals surface area contributed by atoms with Crippen LogP contribution >= 0.6 is 0 Å². The first-order valence-electron chi connectivity index (χ1n) is 5.62. The van der Waals surface area contributed by atoms with Gasteiger partial charge in [-0.15, -0.1) is 0 Å². The van der Waals surface area contributed by atoms with Crippen molar-refractivity contribution < 1.29 is 8.78 Å². The van der Waals surface area contributed by atoms with Gasteiger partial charge in [0.1, 0.15) is 5.69 Å². The molecule has 0 spiro atoms. The molecule has 1 aromatic heterocycles. The molecular weight excluding hydrogens is 210 g/mol. The number of halogens is 2. The largest absolute Gasteiger partial charge is 0.282 e. The molecule has 0 amide bonds. The maximum atomic E-state index is 12.9. The fraction of sp³-hybridized carbons (Fsp3) is 0.583. The summed E-state index contributed by atoms with van der Waals surface area (Å²) in [4.78, 5) is 0. The monoisotopic (exact) mass is 224 g/mol. The average molecular weight is 224 g/mol. The predicted molar refractivity (Wildman–Crippen MR) is 57.5 cm³/mol. The molecule has 2 nitrogen and oxygen atoms in total. The minimum atomic E-state index is -2.47. The maximum Gasteiger partial charge on any atom is 0.282 e. The summed E-state index contributed by atoms with van der Waals surface area (Å²) in [5, 5.41) is 4.06. The molecule has 2 aliphatic rings. The summed E-state index contributed by atoms with van der Waals surface area (Å²) in [6.45, 7) is 7.94. The molecule has 1 aromatic rings. The van der Waals surface area contributed by atoms with Crippen LogP contribution in [0.5, 0.6) is 0 Å². The van der Waals surface area contributed by atoms with Gasteiger partial charge in [0.15, 0.2) is 0 Å². The molecular formula is C12H14F2N2. The summed E-state index contributed by atoms with van der Waals surface area (Å²) in [5.74, 6) is 0.689. The van der Waals surface area contributed by atoms with Crippen LogP contribution in [0.15, 0.2) is 6.58 Å². The summed E-state index contributed by atoms with van der Waals surface area (Å²) in [6, 6.07) is 0.107. The zero-order chi connectivity index (χ0) is 11.6. The average Bonchev–Trinajstić information content (AvgIpc) is 2.79. The van der Waals surface area contributed by atoms with Crippen molar-refractivity contribution >= 4 is 5.57 Å². The van der Waals surface area contributed by atoms with E-state index in [2.05, 4.69) is 11.7 Å². The Kier molecular flexibility index (Phi) is 1.83. The number of rotatable bonds is 2. The summed E-state index contributed by atoms with van der Waals surface area (Å²) in [6.07, 6.45) is -1.49. The van der Waals surface area contributed by atoms with Crippen molar-refractivity contribution in [3.63, 3.8) is 0 Å². The standard InChI is InChI=1S/C12H14F2N2/c1-5(2)16-11-6(3)7-4-8(7)9(11)10(15-16)12(13)14/h5,7-8,12H,3-4H2,1-2H3. The highest BCUT2D eigenvalue weighted by Gasteiger charge is 2.52. The molecule has 0 saturated heterocycles. The molecule has 2 atom stereocenters. The molecule has 4 heteroatoms. The quantitative estimate of drug-likeness (QED) is 0.751. The van der Waals surface area contributed by atoms with E-state index in [0.29, 0.717) is 5.92 Å². The van der Waals surface area contributed by atoms with Gasteiger partial charge in [0.25, 0.3) is 6.43 Å². The third kappa shape index (κ3) is 1.07. The zero-order valence-electron chi connectivity index (χ0n) is 9.37. The van der Waals surface area contributed by atoms with Gasteiger partial charge >= 0.3 is 0 Å². The number of fused-ring (bicyclic) bond motifs is 3. The first-order chi connectivity index (χ1) is 7.52. The summed E-state index contributed by atoms with van der Waals surface area (Å²) in [7, 11) is 0. The minimum Gasteiger partial charge on any atom is -0.262 e. The Morgan fingerprint density at radius 3 is 2.62 bits per heavy atom. The second kappa shape index (κ2) is 2.93. The topological polar surface area (TPSA) is 17.8 Å². The Morgan fingerprint density at radius 2 is 2.06 bits per heavy atom. The molecule has 16 heavy (non-hydrogen) atoms. The Balaban J connectivity index is 2.21. The first kappa shape index (κ1) is 10.00. The van der Waals surface area contributed by atoms with E-state index >= 15 is 0 Å². The van der Waals surface area contributed by atoms with E-state index in [9.17, 15) is 8.78 Å². The molecule has 2 unspecified atom stereocenters. The highest BCUT2D eigenvalue weighted by Crippen LogP contribution is 2.63. The number of hydrogen-bond acceptors (Lipinski definition) is 1. The van der Waals surface area contributed by atoms with E-state index in [1.807, 2.05) is 13.8 Å². The zero-order valence-corrected chi connectivity index (χ0v) is 9.37. The van der Waals surface area contributed by atoms with Crippen LogP contribution in [-0.4, -0.2) is 9.78 Å². The number of nitrogens with zero attached hydrogens (tertiary/aromatic N) is 2. The number of alkyl halides is 2. The Hall–Kier alpha value is -1.19. The van der Waals surface area contributed by atoms with Crippen molar-refractivity contribution in [3.05, 3.63) is 23.5 Å². The van der Waals surface area contributed by atoms with Gasteiger partial charge in [-0.2, -0.15) is 5.10 Å². The van der Waals surface area contributed by atoms with Crippen molar-refractivity contribution in [2.75, 3.05) is 0 Å². The second-order valence-electron chi connectivity index (χ2n) is 4.96. The van der Waals surface area contributed by atoms with Gasteiger partial charge in [0.2, 0.25) is 0 Å². The summed E-state index contributed by atoms with van der Waals surface area (Å²) in [5.41, 5.74) is 2.65. The number of hydrogen-bond donors (Lipinski definition) is 0. The van der Waals surface area contributed by atoms with Gasteiger partial charge in [-0.3, -0.25) is 4.68 Å². The molecule has 1 saturated carbocycles. The molecule has 3 rings (SSSR count). The first-order valence-corrected chi connectivity index (χ1v) is 5.62. The van der Waals surface area contributed by atoms with Gasteiger partial charge in [-0.25, -0.2) is 8.78 Å². The lowest BCUT2D eigenvalue weighted by Gasteiger charge is -2.11. The molecule has 0 radical (unpaired) electrons. The summed E-state index contributed by atoms with van der Waals surface area (Å²) >= 11 is 0. The third-order valence-electron chi connectivity index (χ3n) is 3.58. The normalized spacial score (nSPS) is 26.5. The lowest BCUT2D eigenvalue weighted by atomic mass is 10.1. The van der Waals surface area contributed by atoms with E-state index in [4.69, 9.17) is 0 Å². The number of aromatic nitrogens is 2. The highest BCUT2D eigenvalue weighted by molar-refractivity contribution is 5.77. The molecule has 1 heterocycles. The van der Waals surface area contributed by atoms with Crippen molar-refractivity contribution in [1.82, 2.24) is 9.78 Å². The number of allylic oxidation sites excluding steroid dienone is 1. The van der Waals surface area contributed by atoms with Crippen molar-refractivity contribution in [3.8, 4) is 0 Å². The van der Waals surface area contributed by atoms with Crippen LogP contribution in [-0.2, 0) is 0 Å². The van der Waals surface area contributed by atoms with E-state index < -0.39 is 6.43 Å². The smallest absolute Gasteiger partial charge is 0.262 e. The molecule has 86 valence electrons. The Labute approximate surface area is 93.0 Å². The van der Waals surface area contributed by atoms with Gasteiger partial charge < -0.3 is 0 Å². The molecule has 0 N–H and O–H groups in total. The van der Waals surface area contributed by atoms with Gasteiger partial charge in [0.05, 0.1) is 5.69 Å².